The molecule has 6 heteroatoms. The van der Waals surface area contributed by atoms with Crippen molar-refractivity contribution in [1.29, 1.82) is 0 Å². The Balaban J connectivity index is 1.70. The molecule has 0 saturated heterocycles. The second kappa shape index (κ2) is 7.48. The van der Waals surface area contributed by atoms with Crippen molar-refractivity contribution < 1.29 is 19.4 Å². The van der Waals surface area contributed by atoms with Crippen molar-refractivity contribution in [1.82, 2.24) is 5.32 Å². The average Bonchev–Trinajstić information content (AvgIpc) is 2.93. The van der Waals surface area contributed by atoms with Gasteiger partial charge in [-0.2, -0.15) is 11.3 Å². The van der Waals surface area contributed by atoms with Gasteiger partial charge in [-0.3, -0.25) is 10.1 Å². The average molecular weight is 333 g/mol. The normalized spacial score (nSPS) is 15.0. The Morgan fingerprint density at radius 2 is 2.17 bits per heavy atom. The summed E-state index contributed by atoms with van der Waals surface area (Å²) in [4.78, 5) is 11.5. The quantitative estimate of drug-likeness (QED) is 0.851. The van der Waals surface area contributed by atoms with Crippen molar-refractivity contribution in [3.63, 3.8) is 0 Å². The molecule has 0 saturated carbocycles. The number of aliphatic carboxylic acids is 1. The van der Waals surface area contributed by atoms with Crippen LogP contribution in [0, 0.1) is 0 Å². The molecule has 3 rings (SSSR count). The van der Waals surface area contributed by atoms with Gasteiger partial charge in [-0.1, -0.05) is 12.1 Å². The Hall–Kier alpha value is -2.05. The van der Waals surface area contributed by atoms with Crippen LogP contribution < -0.4 is 14.8 Å². The van der Waals surface area contributed by atoms with E-state index in [4.69, 9.17) is 9.47 Å². The number of carboxylic acids is 1. The van der Waals surface area contributed by atoms with Crippen molar-refractivity contribution in [2.75, 3.05) is 13.2 Å². The van der Waals surface area contributed by atoms with Crippen molar-refractivity contribution in [3.05, 3.63) is 46.2 Å². The van der Waals surface area contributed by atoms with Crippen molar-refractivity contribution in [3.8, 4) is 11.5 Å². The summed E-state index contributed by atoms with van der Waals surface area (Å²) in [7, 11) is 0. The fraction of sp³-hybridized carbons (Fsp3) is 0.353. The summed E-state index contributed by atoms with van der Waals surface area (Å²) in [5.41, 5.74) is 1.95. The van der Waals surface area contributed by atoms with Crippen LogP contribution in [0.5, 0.6) is 11.5 Å². The van der Waals surface area contributed by atoms with Gasteiger partial charge in [-0.15, -0.1) is 0 Å². The van der Waals surface area contributed by atoms with Gasteiger partial charge in [0.15, 0.2) is 11.5 Å². The molecule has 1 aromatic heterocycles. The largest absolute Gasteiger partial charge is 0.490 e. The van der Waals surface area contributed by atoms with Crippen molar-refractivity contribution in [2.45, 2.75) is 25.4 Å². The Bertz CT molecular complexity index is 657. The van der Waals surface area contributed by atoms with E-state index >= 15 is 0 Å². The van der Waals surface area contributed by atoms with E-state index in [2.05, 4.69) is 5.32 Å². The molecule has 1 aliphatic rings. The minimum absolute atomic E-state index is 0.424. The fourth-order valence-electron chi connectivity index (χ4n) is 2.52. The van der Waals surface area contributed by atoms with E-state index in [1.54, 1.807) is 11.3 Å². The topological polar surface area (TPSA) is 67.8 Å². The minimum atomic E-state index is -0.851. The highest BCUT2D eigenvalue weighted by molar-refractivity contribution is 7.07. The van der Waals surface area contributed by atoms with Crippen LogP contribution in [0.3, 0.4) is 0 Å². The SMILES string of the molecule is O=C(O)C(Cc1ccsc1)NCc1cccc2c1OCCCO2. The maximum Gasteiger partial charge on any atom is 0.321 e. The summed E-state index contributed by atoms with van der Waals surface area (Å²) >= 11 is 1.57. The van der Waals surface area contributed by atoms with E-state index in [9.17, 15) is 9.90 Å². The van der Waals surface area contributed by atoms with Gasteiger partial charge in [-0.25, -0.2) is 0 Å². The molecule has 0 radical (unpaired) electrons. The molecular weight excluding hydrogens is 314 g/mol. The predicted octanol–water partition coefficient (Wildman–Crippen LogP) is 2.69. The number of para-hydroxylation sites is 1. The third-order valence-corrected chi connectivity index (χ3v) is 4.44. The Morgan fingerprint density at radius 1 is 1.30 bits per heavy atom. The lowest BCUT2D eigenvalue weighted by Crippen LogP contribution is -2.38. The van der Waals surface area contributed by atoms with Crippen LogP contribution in [0.4, 0.5) is 0 Å². The van der Waals surface area contributed by atoms with Crippen molar-refractivity contribution >= 4 is 17.3 Å². The minimum Gasteiger partial charge on any atom is -0.490 e. The Morgan fingerprint density at radius 3 is 2.96 bits per heavy atom. The monoisotopic (exact) mass is 333 g/mol. The fourth-order valence-corrected chi connectivity index (χ4v) is 3.20. The first-order chi connectivity index (χ1) is 11.2. The van der Waals surface area contributed by atoms with Gasteiger partial charge < -0.3 is 14.6 Å². The van der Waals surface area contributed by atoms with E-state index in [-0.39, 0.29) is 0 Å². The first kappa shape index (κ1) is 15.8. The van der Waals surface area contributed by atoms with E-state index in [0.717, 1.165) is 29.0 Å². The summed E-state index contributed by atoms with van der Waals surface area (Å²) in [6, 6.07) is 7.04. The molecule has 2 heterocycles. The van der Waals surface area contributed by atoms with Gasteiger partial charge >= 0.3 is 5.97 Å². The van der Waals surface area contributed by atoms with Crippen LogP contribution in [0.1, 0.15) is 17.5 Å². The molecule has 0 spiro atoms. The van der Waals surface area contributed by atoms with Gasteiger partial charge in [0.25, 0.3) is 0 Å². The van der Waals surface area contributed by atoms with Crippen LogP contribution in [0.15, 0.2) is 35.0 Å². The molecule has 0 aliphatic carbocycles. The van der Waals surface area contributed by atoms with Gasteiger partial charge in [0.05, 0.1) is 13.2 Å². The molecule has 23 heavy (non-hydrogen) atoms. The lowest BCUT2D eigenvalue weighted by atomic mass is 10.1. The van der Waals surface area contributed by atoms with E-state index in [0.29, 0.717) is 26.2 Å². The molecule has 122 valence electrons. The number of carbonyl (C=O) groups is 1. The molecule has 1 atom stereocenters. The number of benzene rings is 1. The molecule has 0 amide bonds. The maximum absolute atomic E-state index is 11.5. The van der Waals surface area contributed by atoms with Gasteiger partial charge in [0.1, 0.15) is 6.04 Å². The zero-order valence-corrected chi connectivity index (χ0v) is 13.5. The van der Waals surface area contributed by atoms with Gasteiger partial charge in [-0.05, 0) is 34.9 Å². The van der Waals surface area contributed by atoms with Crippen LogP contribution in [-0.4, -0.2) is 30.3 Å². The third-order valence-electron chi connectivity index (χ3n) is 3.71. The number of nitrogens with one attached hydrogen (secondary N) is 1. The first-order valence-corrected chi connectivity index (χ1v) is 8.53. The zero-order valence-electron chi connectivity index (χ0n) is 12.7. The van der Waals surface area contributed by atoms with Crippen LogP contribution in [0.2, 0.25) is 0 Å². The van der Waals surface area contributed by atoms with Crippen LogP contribution in [-0.2, 0) is 17.8 Å². The lowest BCUT2D eigenvalue weighted by Gasteiger charge is -2.16. The summed E-state index contributed by atoms with van der Waals surface area (Å²) in [5, 5.41) is 16.5. The molecule has 0 bridgehead atoms. The standard InChI is InChI=1S/C17H19NO4S/c19-17(20)14(9-12-5-8-23-11-12)18-10-13-3-1-4-15-16(13)22-7-2-6-21-15/h1,3-5,8,11,14,18H,2,6-7,9-10H2,(H,19,20). The molecule has 2 N–H and O–H groups in total. The van der Waals surface area contributed by atoms with E-state index < -0.39 is 12.0 Å². The number of hydrogen-bond acceptors (Lipinski definition) is 5. The van der Waals surface area contributed by atoms with E-state index in [1.165, 1.54) is 0 Å². The predicted molar refractivity (Wildman–Crippen MR) is 88.3 cm³/mol. The summed E-state index contributed by atoms with van der Waals surface area (Å²) in [5.74, 6) is 0.596. The molecule has 1 aromatic carbocycles. The molecule has 0 fully saturated rings. The van der Waals surface area contributed by atoms with Crippen LogP contribution >= 0.6 is 11.3 Å². The first-order valence-electron chi connectivity index (χ1n) is 7.59. The van der Waals surface area contributed by atoms with Gasteiger partial charge in [0, 0.05) is 18.5 Å². The highest BCUT2D eigenvalue weighted by Crippen LogP contribution is 2.33. The van der Waals surface area contributed by atoms with Crippen molar-refractivity contribution in [2.24, 2.45) is 0 Å². The molecule has 5 nitrogen and oxygen atoms in total. The number of hydrogen-bond donors (Lipinski definition) is 2. The summed E-state index contributed by atoms with van der Waals surface area (Å²) in [6.07, 6.45) is 1.31. The lowest BCUT2D eigenvalue weighted by molar-refractivity contribution is -0.139. The Kier molecular flexibility index (Phi) is 5.15. The zero-order chi connectivity index (χ0) is 16.1. The smallest absolute Gasteiger partial charge is 0.321 e. The molecule has 1 aliphatic heterocycles. The maximum atomic E-state index is 11.5. The van der Waals surface area contributed by atoms with Crippen LogP contribution in [0.25, 0.3) is 0 Å². The second-order valence-electron chi connectivity index (χ2n) is 5.40. The number of thiophene rings is 1. The molecular formula is C17H19NO4S. The van der Waals surface area contributed by atoms with E-state index in [1.807, 2.05) is 35.0 Å². The number of rotatable bonds is 6. The van der Waals surface area contributed by atoms with Gasteiger partial charge in [0.2, 0.25) is 0 Å². The third kappa shape index (κ3) is 4.03. The summed E-state index contributed by atoms with van der Waals surface area (Å²) in [6.45, 7) is 1.68. The number of carboxylic acid groups (broad SMARTS) is 1. The molecule has 2 aromatic rings. The summed E-state index contributed by atoms with van der Waals surface area (Å²) < 4.78 is 11.4. The highest BCUT2D eigenvalue weighted by Gasteiger charge is 2.20. The molecule has 1 unspecified atom stereocenters. The highest BCUT2D eigenvalue weighted by atomic mass is 32.1. The Labute approximate surface area is 138 Å². The number of fused-ring (bicyclic) bond motifs is 1. The second-order valence-corrected chi connectivity index (χ2v) is 6.18. The number of ether oxygens (including phenoxy) is 2.